The fourth-order valence-electron chi connectivity index (χ4n) is 1.47. The van der Waals surface area contributed by atoms with Crippen molar-refractivity contribution in [2.24, 2.45) is 0 Å². The van der Waals surface area contributed by atoms with Crippen LogP contribution in [0.25, 0.3) is 0 Å². The molecule has 0 spiro atoms. The lowest BCUT2D eigenvalue weighted by Crippen LogP contribution is -1.93. The van der Waals surface area contributed by atoms with Crippen molar-refractivity contribution in [2.75, 3.05) is 0 Å². The van der Waals surface area contributed by atoms with Gasteiger partial charge in [0, 0.05) is 9.79 Å². The number of benzene rings is 2. The van der Waals surface area contributed by atoms with Crippen LogP contribution in [0, 0.1) is 0 Å². The summed E-state index contributed by atoms with van der Waals surface area (Å²) >= 11 is 8.48. The zero-order chi connectivity index (χ0) is 12.1. The monoisotopic (exact) mass is 262 g/mol. The van der Waals surface area contributed by atoms with Gasteiger partial charge in [-0.15, -0.1) is 25.3 Å². The van der Waals surface area contributed by atoms with E-state index in [9.17, 15) is 0 Å². The quantitative estimate of drug-likeness (QED) is 0.792. The minimum absolute atomic E-state index is 0.622. The lowest BCUT2D eigenvalue weighted by atomic mass is 10.2. The van der Waals surface area contributed by atoms with Gasteiger partial charge in [-0.3, -0.25) is 0 Å². The molecule has 0 aliphatic heterocycles. The van der Waals surface area contributed by atoms with Gasteiger partial charge >= 0.3 is 0 Å². The first-order valence-electron chi connectivity index (χ1n) is 5.37. The van der Waals surface area contributed by atoms with Crippen molar-refractivity contribution in [2.45, 2.75) is 23.0 Å². The molecule has 0 heterocycles. The van der Waals surface area contributed by atoms with E-state index in [1.807, 2.05) is 48.5 Å². The molecule has 2 aromatic carbocycles. The van der Waals surface area contributed by atoms with Gasteiger partial charge in [0.2, 0.25) is 0 Å². The Morgan fingerprint density at radius 3 is 1.35 bits per heavy atom. The van der Waals surface area contributed by atoms with Gasteiger partial charge in [0.05, 0.1) is 13.2 Å². The first kappa shape index (κ1) is 12.6. The highest BCUT2D eigenvalue weighted by Gasteiger charge is 1.95. The molecule has 0 atom stereocenters. The van der Waals surface area contributed by atoms with Gasteiger partial charge in [0.15, 0.2) is 0 Å². The second-order valence-corrected chi connectivity index (χ2v) is 4.86. The maximum absolute atomic E-state index is 5.64. The van der Waals surface area contributed by atoms with Gasteiger partial charge in [0.1, 0.15) is 0 Å². The molecule has 0 N–H and O–H groups in total. The average molecular weight is 262 g/mol. The lowest BCUT2D eigenvalue weighted by molar-refractivity contribution is 0.107. The molecule has 0 radical (unpaired) electrons. The summed E-state index contributed by atoms with van der Waals surface area (Å²) in [7, 11) is 0. The maximum atomic E-state index is 5.64. The standard InChI is InChI=1S/C14H14OS2/c16-13-5-1-11(2-6-13)9-15-10-12-3-7-14(17)8-4-12/h1-8,16-17H,9-10H2. The van der Waals surface area contributed by atoms with Gasteiger partial charge in [0.25, 0.3) is 0 Å². The van der Waals surface area contributed by atoms with Crippen LogP contribution in [0.2, 0.25) is 0 Å². The third-order valence-corrected chi connectivity index (χ3v) is 3.01. The van der Waals surface area contributed by atoms with Crippen molar-refractivity contribution in [1.29, 1.82) is 0 Å². The second kappa shape index (κ2) is 6.15. The molecule has 0 aliphatic rings. The van der Waals surface area contributed by atoms with Gasteiger partial charge in [-0.05, 0) is 35.4 Å². The van der Waals surface area contributed by atoms with Gasteiger partial charge in [-0.1, -0.05) is 24.3 Å². The highest BCUT2D eigenvalue weighted by Crippen LogP contribution is 2.11. The van der Waals surface area contributed by atoms with Gasteiger partial charge in [-0.25, -0.2) is 0 Å². The predicted octanol–water partition coefficient (Wildman–Crippen LogP) is 3.98. The molecule has 0 aromatic heterocycles. The molecule has 0 saturated heterocycles. The van der Waals surface area contributed by atoms with Crippen LogP contribution in [0.1, 0.15) is 11.1 Å². The van der Waals surface area contributed by atoms with Gasteiger partial charge in [-0.2, -0.15) is 0 Å². The largest absolute Gasteiger partial charge is 0.372 e. The molecule has 1 nitrogen and oxygen atoms in total. The molecule has 0 saturated carbocycles. The van der Waals surface area contributed by atoms with E-state index in [1.165, 1.54) is 0 Å². The third-order valence-electron chi connectivity index (χ3n) is 2.41. The van der Waals surface area contributed by atoms with Crippen LogP contribution in [0.3, 0.4) is 0 Å². The molecule has 2 rings (SSSR count). The van der Waals surface area contributed by atoms with E-state index in [0.29, 0.717) is 13.2 Å². The number of thiol groups is 2. The van der Waals surface area contributed by atoms with Crippen LogP contribution >= 0.6 is 25.3 Å². The summed E-state index contributed by atoms with van der Waals surface area (Å²) < 4.78 is 5.64. The Kier molecular flexibility index (Phi) is 4.54. The Morgan fingerprint density at radius 2 is 1.00 bits per heavy atom. The normalized spacial score (nSPS) is 10.5. The molecular formula is C14H14OS2. The summed E-state index contributed by atoms with van der Waals surface area (Å²) in [6.45, 7) is 1.24. The molecular weight excluding hydrogens is 248 g/mol. The molecule has 2 aromatic rings. The Bertz CT molecular complexity index is 417. The van der Waals surface area contributed by atoms with E-state index in [-0.39, 0.29) is 0 Å². The minimum atomic E-state index is 0.622. The number of hydrogen-bond donors (Lipinski definition) is 2. The predicted molar refractivity (Wildman–Crippen MR) is 75.9 cm³/mol. The van der Waals surface area contributed by atoms with Crippen molar-refractivity contribution in [3.05, 3.63) is 59.7 Å². The lowest BCUT2D eigenvalue weighted by Gasteiger charge is -2.05. The SMILES string of the molecule is Sc1ccc(COCc2ccc(S)cc2)cc1. The summed E-state index contributed by atoms with van der Waals surface area (Å²) in [6, 6.07) is 16.0. The van der Waals surface area contributed by atoms with Crippen LogP contribution in [0.15, 0.2) is 58.3 Å². The smallest absolute Gasteiger partial charge is 0.0721 e. The summed E-state index contributed by atoms with van der Waals surface area (Å²) in [5.41, 5.74) is 2.32. The van der Waals surface area contributed by atoms with Crippen molar-refractivity contribution in [3.8, 4) is 0 Å². The Labute approximate surface area is 113 Å². The van der Waals surface area contributed by atoms with E-state index < -0.39 is 0 Å². The van der Waals surface area contributed by atoms with E-state index in [4.69, 9.17) is 4.74 Å². The molecule has 0 amide bonds. The van der Waals surface area contributed by atoms with E-state index in [2.05, 4.69) is 25.3 Å². The van der Waals surface area contributed by atoms with Crippen molar-refractivity contribution >= 4 is 25.3 Å². The molecule has 0 bridgehead atoms. The van der Waals surface area contributed by atoms with E-state index >= 15 is 0 Å². The summed E-state index contributed by atoms with van der Waals surface area (Å²) in [4.78, 5) is 1.94. The Balaban J connectivity index is 1.83. The topological polar surface area (TPSA) is 9.23 Å². The Hall–Kier alpha value is -0.900. The summed E-state index contributed by atoms with van der Waals surface area (Å²) in [6.07, 6.45) is 0. The van der Waals surface area contributed by atoms with E-state index in [1.54, 1.807) is 0 Å². The van der Waals surface area contributed by atoms with Crippen LogP contribution in [0.5, 0.6) is 0 Å². The third kappa shape index (κ3) is 4.11. The van der Waals surface area contributed by atoms with Gasteiger partial charge < -0.3 is 4.74 Å². The van der Waals surface area contributed by atoms with E-state index in [0.717, 1.165) is 20.9 Å². The summed E-state index contributed by atoms with van der Waals surface area (Å²) in [5, 5.41) is 0. The fraction of sp³-hybridized carbons (Fsp3) is 0.143. The van der Waals surface area contributed by atoms with Crippen LogP contribution in [-0.2, 0) is 18.0 Å². The number of ether oxygens (including phenoxy) is 1. The average Bonchev–Trinajstić information content (AvgIpc) is 2.34. The molecule has 0 unspecified atom stereocenters. The summed E-state index contributed by atoms with van der Waals surface area (Å²) in [5.74, 6) is 0. The Morgan fingerprint density at radius 1 is 0.647 bits per heavy atom. The van der Waals surface area contributed by atoms with Crippen LogP contribution < -0.4 is 0 Å². The van der Waals surface area contributed by atoms with Crippen LogP contribution in [0.4, 0.5) is 0 Å². The van der Waals surface area contributed by atoms with Crippen LogP contribution in [-0.4, -0.2) is 0 Å². The molecule has 0 fully saturated rings. The number of hydrogen-bond acceptors (Lipinski definition) is 3. The zero-order valence-electron chi connectivity index (χ0n) is 9.34. The van der Waals surface area contributed by atoms with Crippen molar-refractivity contribution in [1.82, 2.24) is 0 Å². The van der Waals surface area contributed by atoms with Crippen molar-refractivity contribution in [3.63, 3.8) is 0 Å². The highest BCUT2D eigenvalue weighted by atomic mass is 32.1. The second-order valence-electron chi connectivity index (χ2n) is 3.83. The fourth-order valence-corrected chi connectivity index (χ4v) is 1.77. The molecule has 17 heavy (non-hydrogen) atoms. The molecule has 88 valence electrons. The number of rotatable bonds is 4. The first-order chi connectivity index (χ1) is 8.24. The maximum Gasteiger partial charge on any atom is 0.0721 e. The zero-order valence-corrected chi connectivity index (χ0v) is 11.1. The molecule has 3 heteroatoms. The van der Waals surface area contributed by atoms with Crippen molar-refractivity contribution < 1.29 is 4.74 Å². The molecule has 0 aliphatic carbocycles. The first-order valence-corrected chi connectivity index (χ1v) is 6.27. The minimum Gasteiger partial charge on any atom is -0.372 e. The highest BCUT2D eigenvalue weighted by molar-refractivity contribution is 7.80.